The van der Waals surface area contributed by atoms with Crippen LogP contribution in [0.3, 0.4) is 0 Å². The monoisotopic (exact) mass is 346 g/mol. The molecule has 0 spiro atoms. The van der Waals surface area contributed by atoms with Crippen LogP contribution >= 0.6 is 11.3 Å². The van der Waals surface area contributed by atoms with Gasteiger partial charge in [-0.3, -0.25) is 4.90 Å². The standard InChI is InChI=1S/C15H17F3N2O2S/c1-20(8-14-19-13(10-23-14)15(16,17)18)7-11(21)9-22-12-5-3-2-4-6-12/h2-6,10-11,21H,7-9H2,1H3. The summed E-state index contributed by atoms with van der Waals surface area (Å²) in [6.07, 6.45) is -5.17. The number of rotatable bonds is 7. The number of hydrogen-bond acceptors (Lipinski definition) is 5. The molecule has 1 N–H and O–H groups in total. The number of aliphatic hydroxyl groups is 1. The van der Waals surface area contributed by atoms with Crippen molar-refractivity contribution >= 4 is 11.3 Å². The first kappa shape index (κ1) is 17.7. The summed E-state index contributed by atoms with van der Waals surface area (Å²) in [4.78, 5) is 5.27. The number of aliphatic hydroxyl groups excluding tert-OH is 1. The molecule has 0 aliphatic carbocycles. The van der Waals surface area contributed by atoms with Gasteiger partial charge in [-0.15, -0.1) is 11.3 Å². The van der Waals surface area contributed by atoms with Gasteiger partial charge in [0.1, 0.15) is 23.5 Å². The maximum Gasteiger partial charge on any atom is 0.434 e. The molecule has 23 heavy (non-hydrogen) atoms. The van der Waals surface area contributed by atoms with Crippen molar-refractivity contribution in [3.63, 3.8) is 0 Å². The molecule has 0 aliphatic rings. The second-order valence-corrected chi connectivity index (χ2v) is 6.04. The molecular weight excluding hydrogens is 329 g/mol. The molecule has 126 valence electrons. The predicted octanol–water partition coefficient (Wildman–Crippen LogP) is 3.03. The Morgan fingerprint density at radius 2 is 2.00 bits per heavy atom. The van der Waals surface area contributed by atoms with E-state index in [1.807, 2.05) is 18.2 Å². The van der Waals surface area contributed by atoms with Gasteiger partial charge >= 0.3 is 6.18 Å². The molecule has 4 nitrogen and oxygen atoms in total. The summed E-state index contributed by atoms with van der Waals surface area (Å²) in [5.74, 6) is 0.656. The fourth-order valence-corrected chi connectivity index (χ4v) is 2.81. The summed E-state index contributed by atoms with van der Waals surface area (Å²) in [7, 11) is 1.71. The van der Waals surface area contributed by atoms with Crippen molar-refractivity contribution in [1.82, 2.24) is 9.88 Å². The predicted molar refractivity (Wildman–Crippen MR) is 81.4 cm³/mol. The maximum atomic E-state index is 12.5. The Morgan fingerprint density at radius 1 is 1.30 bits per heavy atom. The Hall–Kier alpha value is -1.64. The van der Waals surface area contributed by atoms with E-state index in [9.17, 15) is 18.3 Å². The molecule has 0 aliphatic heterocycles. The summed E-state index contributed by atoms with van der Waals surface area (Å²) in [5.41, 5.74) is -0.876. The number of benzene rings is 1. The molecular formula is C15H17F3N2O2S. The van der Waals surface area contributed by atoms with Gasteiger partial charge in [-0.05, 0) is 19.2 Å². The lowest BCUT2D eigenvalue weighted by Crippen LogP contribution is -2.32. The highest BCUT2D eigenvalue weighted by Gasteiger charge is 2.33. The molecule has 1 aromatic carbocycles. The van der Waals surface area contributed by atoms with Crippen LogP contribution in [0.5, 0.6) is 5.75 Å². The molecule has 0 amide bonds. The average Bonchev–Trinajstić information content (AvgIpc) is 2.94. The van der Waals surface area contributed by atoms with E-state index in [-0.39, 0.29) is 19.7 Å². The zero-order chi connectivity index (χ0) is 16.9. The number of ether oxygens (including phenoxy) is 1. The first-order chi connectivity index (χ1) is 10.8. The highest BCUT2D eigenvalue weighted by atomic mass is 32.1. The minimum absolute atomic E-state index is 0.111. The Labute approximate surface area is 136 Å². The lowest BCUT2D eigenvalue weighted by molar-refractivity contribution is -0.140. The Kier molecular flexibility index (Phi) is 5.97. The quantitative estimate of drug-likeness (QED) is 0.837. The molecule has 0 saturated carbocycles. The third-order valence-electron chi connectivity index (χ3n) is 2.96. The number of aromatic nitrogens is 1. The number of thiazole rings is 1. The van der Waals surface area contributed by atoms with Crippen LogP contribution < -0.4 is 4.74 Å². The van der Waals surface area contributed by atoms with E-state index in [1.54, 1.807) is 24.1 Å². The molecule has 0 radical (unpaired) electrons. The fourth-order valence-electron chi connectivity index (χ4n) is 1.93. The van der Waals surface area contributed by atoms with Crippen LogP contribution in [0.15, 0.2) is 35.7 Å². The van der Waals surface area contributed by atoms with Crippen LogP contribution in [-0.2, 0) is 12.7 Å². The molecule has 1 atom stereocenters. The average molecular weight is 346 g/mol. The number of halogens is 3. The smallest absolute Gasteiger partial charge is 0.434 e. The van der Waals surface area contributed by atoms with Gasteiger partial charge in [0.25, 0.3) is 0 Å². The van der Waals surface area contributed by atoms with Gasteiger partial charge in [0.05, 0.1) is 6.54 Å². The highest BCUT2D eigenvalue weighted by Crippen LogP contribution is 2.30. The second-order valence-electron chi connectivity index (χ2n) is 5.10. The van der Waals surface area contributed by atoms with Crippen molar-refractivity contribution in [3.8, 4) is 5.75 Å². The van der Waals surface area contributed by atoms with Gasteiger partial charge in [0.2, 0.25) is 0 Å². The van der Waals surface area contributed by atoms with E-state index in [4.69, 9.17) is 4.74 Å². The molecule has 1 aromatic heterocycles. The Bertz CT molecular complexity index is 604. The van der Waals surface area contributed by atoms with Gasteiger partial charge in [0, 0.05) is 11.9 Å². The van der Waals surface area contributed by atoms with E-state index in [0.29, 0.717) is 10.8 Å². The minimum Gasteiger partial charge on any atom is -0.491 e. The SMILES string of the molecule is CN(Cc1nc(C(F)(F)F)cs1)CC(O)COc1ccccc1. The van der Waals surface area contributed by atoms with E-state index in [0.717, 1.165) is 16.7 Å². The number of para-hydroxylation sites is 1. The first-order valence-electron chi connectivity index (χ1n) is 6.90. The van der Waals surface area contributed by atoms with Gasteiger partial charge in [-0.2, -0.15) is 13.2 Å². The van der Waals surface area contributed by atoms with E-state index in [2.05, 4.69) is 4.98 Å². The van der Waals surface area contributed by atoms with Crippen LogP contribution in [-0.4, -0.2) is 41.3 Å². The molecule has 2 rings (SSSR count). The summed E-state index contributed by atoms with van der Waals surface area (Å²) in [6, 6.07) is 9.08. The highest BCUT2D eigenvalue weighted by molar-refractivity contribution is 7.09. The summed E-state index contributed by atoms with van der Waals surface area (Å²) in [5, 5.41) is 11.3. The van der Waals surface area contributed by atoms with Crippen molar-refractivity contribution in [1.29, 1.82) is 0 Å². The lowest BCUT2D eigenvalue weighted by atomic mass is 10.3. The van der Waals surface area contributed by atoms with Crippen LogP contribution in [0.4, 0.5) is 13.2 Å². The van der Waals surface area contributed by atoms with Gasteiger partial charge in [0.15, 0.2) is 5.69 Å². The van der Waals surface area contributed by atoms with Gasteiger partial charge in [-0.1, -0.05) is 18.2 Å². The van der Waals surface area contributed by atoms with E-state index < -0.39 is 18.0 Å². The van der Waals surface area contributed by atoms with Crippen LogP contribution in [0.2, 0.25) is 0 Å². The van der Waals surface area contributed by atoms with Crippen molar-refractivity contribution < 1.29 is 23.0 Å². The zero-order valence-corrected chi connectivity index (χ0v) is 13.3. The summed E-state index contributed by atoms with van der Waals surface area (Å²) >= 11 is 0.956. The summed E-state index contributed by atoms with van der Waals surface area (Å²) < 4.78 is 42.9. The normalized spacial score (nSPS) is 13.3. The zero-order valence-electron chi connectivity index (χ0n) is 12.5. The Balaban J connectivity index is 1.77. The van der Waals surface area contributed by atoms with Gasteiger partial charge < -0.3 is 9.84 Å². The number of hydrogen-bond donors (Lipinski definition) is 1. The minimum atomic E-state index is -4.42. The molecule has 1 unspecified atom stereocenters. The third kappa shape index (κ3) is 5.81. The van der Waals surface area contributed by atoms with Crippen molar-refractivity contribution in [2.45, 2.75) is 18.8 Å². The van der Waals surface area contributed by atoms with Crippen LogP contribution in [0.25, 0.3) is 0 Å². The van der Waals surface area contributed by atoms with Crippen molar-refractivity contribution in [2.24, 2.45) is 0 Å². The fraction of sp³-hybridized carbons (Fsp3) is 0.400. The maximum absolute atomic E-state index is 12.5. The number of nitrogens with zero attached hydrogens (tertiary/aromatic N) is 2. The lowest BCUT2D eigenvalue weighted by Gasteiger charge is -2.19. The van der Waals surface area contributed by atoms with Crippen molar-refractivity contribution in [3.05, 3.63) is 46.4 Å². The van der Waals surface area contributed by atoms with Crippen LogP contribution in [0.1, 0.15) is 10.7 Å². The molecule has 8 heteroatoms. The molecule has 2 aromatic rings. The molecule has 0 fully saturated rings. The Morgan fingerprint density at radius 3 is 2.61 bits per heavy atom. The summed E-state index contributed by atoms with van der Waals surface area (Å²) in [6.45, 7) is 0.622. The van der Waals surface area contributed by atoms with Gasteiger partial charge in [-0.25, -0.2) is 4.98 Å². The van der Waals surface area contributed by atoms with Crippen molar-refractivity contribution in [2.75, 3.05) is 20.2 Å². The molecule has 1 heterocycles. The second kappa shape index (κ2) is 7.76. The first-order valence-corrected chi connectivity index (χ1v) is 7.78. The van der Waals surface area contributed by atoms with Crippen LogP contribution in [0, 0.1) is 0 Å². The molecule has 0 saturated heterocycles. The topological polar surface area (TPSA) is 45.6 Å². The molecule has 0 bridgehead atoms. The van der Waals surface area contributed by atoms with E-state index in [1.165, 1.54) is 0 Å². The van der Waals surface area contributed by atoms with E-state index >= 15 is 0 Å². The largest absolute Gasteiger partial charge is 0.491 e. The third-order valence-corrected chi connectivity index (χ3v) is 3.79. The number of likely N-dealkylation sites (N-methyl/N-ethyl adjacent to an activating group) is 1. The number of alkyl halides is 3.